The Bertz CT molecular complexity index is 656. The van der Waals surface area contributed by atoms with Gasteiger partial charge in [0, 0.05) is 19.9 Å². The number of methoxy groups -OCH3 is 1. The first kappa shape index (κ1) is 15.6. The second-order valence-electron chi connectivity index (χ2n) is 5.61. The standard InChI is InChI=1S/C17H20N2O4/c1-12-5-6-16(23-12)17(20)19-10-15(21-2)8-13(19)11-22-14-4-3-7-18-9-14/h3-7,9,13,15H,8,10-11H2,1-2H3/t13-,15+/m0/s1. The molecule has 1 aliphatic rings. The summed E-state index contributed by atoms with van der Waals surface area (Å²) < 4.78 is 16.6. The van der Waals surface area contributed by atoms with Crippen LogP contribution in [0.15, 0.2) is 41.1 Å². The predicted octanol–water partition coefficient (Wildman–Crippen LogP) is 2.29. The van der Waals surface area contributed by atoms with Gasteiger partial charge < -0.3 is 18.8 Å². The average molecular weight is 316 g/mol. The van der Waals surface area contributed by atoms with Crippen LogP contribution in [0.5, 0.6) is 5.75 Å². The van der Waals surface area contributed by atoms with E-state index in [1.165, 1.54) is 0 Å². The van der Waals surface area contributed by atoms with Gasteiger partial charge in [-0.05, 0) is 37.6 Å². The molecule has 122 valence electrons. The molecule has 6 heteroatoms. The molecule has 2 aromatic heterocycles. The number of aryl methyl sites for hydroxylation is 1. The van der Waals surface area contributed by atoms with Gasteiger partial charge in [0.15, 0.2) is 5.76 Å². The van der Waals surface area contributed by atoms with E-state index in [1.807, 2.05) is 19.1 Å². The third-order valence-corrected chi connectivity index (χ3v) is 4.00. The van der Waals surface area contributed by atoms with Gasteiger partial charge in [0.05, 0.1) is 18.3 Å². The summed E-state index contributed by atoms with van der Waals surface area (Å²) in [5, 5.41) is 0. The Morgan fingerprint density at radius 2 is 2.30 bits per heavy atom. The summed E-state index contributed by atoms with van der Waals surface area (Å²) in [6.45, 7) is 2.76. The predicted molar refractivity (Wildman–Crippen MR) is 83.4 cm³/mol. The molecule has 0 N–H and O–H groups in total. The van der Waals surface area contributed by atoms with Gasteiger partial charge >= 0.3 is 0 Å². The van der Waals surface area contributed by atoms with Crippen molar-refractivity contribution in [3.63, 3.8) is 0 Å². The number of furan rings is 1. The minimum Gasteiger partial charge on any atom is -0.490 e. The van der Waals surface area contributed by atoms with Crippen molar-refractivity contribution in [3.8, 4) is 5.75 Å². The van der Waals surface area contributed by atoms with E-state index in [2.05, 4.69) is 4.98 Å². The highest BCUT2D eigenvalue weighted by molar-refractivity contribution is 5.92. The number of pyridine rings is 1. The Morgan fingerprint density at radius 1 is 1.43 bits per heavy atom. The highest BCUT2D eigenvalue weighted by atomic mass is 16.5. The summed E-state index contributed by atoms with van der Waals surface area (Å²) >= 11 is 0. The number of carbonyl (C=O) groups is 1. The maximum Gasteiger partial charge on any atom is 0.290 e. The molecule has 0 saturated carbocycles. The van der Waals surface area contributed by atoms with Crippen LogP contribution in [0.2, 0.25) is 0 Å². The zero-order valence-electron chi connectivity index (χ0n) is 13.3. The lowest BCUT2D eigenvalue weighted by Gasteiger charge is -2.23. The van der Waals surface area contributed by atoms with E-state index in [-0.39, 0.29) is 18.1 Å². The molecule has 1 fully saturated rings. The molecule has 0 spiro atoms. The fraction of sp³-hybridized carbons (Fsp3) is 0.412. The molecule has 0 aromatic carbocycles. The van der Waals surface area contributed by atoms with E-state index >= 15 is 0 Å². The first-order valence-corrected chi connectivity index (χ1v) is 7.60. The molecule has 1 saturated heterocycles. The van der Waals surface area contributed by atoms with Gasteiger partial charge in [-0.1, -0.05) is 0 Å². The monoisotopic (exact) mass is 316 g/mol. The van der Waals surface area contributed by atoms with Crippen molar-refractivity contribution in [2.75, 3.05) is 20.3 Å². The zero-order chi connectivity index (χ0) is 16.2. The molecule has 1 aliphatic heterocycles. The van der Waals surface area contributed by atoms with Crippen LogP contribution in [0.1, 0.15) is 22.7 Å². The molecule has 2 atom stereocenters. The molecule has 2 aromatic rings. The molecule has 1 amide bonds. The lowest BCUT2D eigenvalue weighted by Crippen LogP contribution is -2.39. The van der Waals surface area contributed by atoms with E-state index in [9.17, 15) is 4.79 Å². The Hall–Kier alpha value is -2.34. The van der Waals surface area contributed by atoms with E-state index < -0.39 is 0 Å². The Balaban J connectivity index is 1.70. The van der Waals surface area contributed by atoms with Crippen molar-refractivity contribution in [1.29, 1.82) is 0 Å². The summed E-state index contributed by atoms with van der Waals surface area (Å²) in [5.41, 5.74) is 0. The number of rotatable bonds is 5. The van der Waals surface area contributed by atoms with Gasteiger partial charge in [0.2, 0.25) is 0 Å². The summed E-state index contributed by atoms with van der Waals surface area (Å²) in [5.74, 6) is 1.64. The molecule has 23 heavy (non-hydrogen) atoms. The number of amides is 1. The SMILES string of the molecule is CO[C@@H]1C[C@@H](COc2cccnc2)N(C(=O)c2ccc(C)o2)C1. The second-order valence-corrected chi connectivity index (χ2v) is 5.61. The number of nitrogens with zero attached hydrogens (tertiary/aromatic N) is 2. The average Bonchev–Trinajstić information content (AvgIpc) is 3.19. The highest BCUT2D eigenvalue weighted by Crippen LogP contribution is 2.24. The number of aromatic nitrogens is 1. The molecular formula is C17H20N2O4. The van der Waals surface area contributed by atoms with E-state index in [1.54, 1.807) is 36.5 Å². The van der Waals surface area contributed by atoms with Crippen molar-refractivity contribution in [1.82, 2.24) is 9.88 Å². The maximum atomic E-state index is 12.7. The Morgan fingerprint density at radius 3 is 2.96 bits per heavy atom. The van der Waals surface area contributed by atoms with Crippen LogP contribution in [0.4, 0.5) is 0 Å². The highest BCUT2D eigenvalue weighted by Gasteiger charge is 2.37. The van der Waals surface area contributed by atoms with Gasteiger partial charge in [0.1, 0.15) is 18.1 Å². The normalized spacial score (nSPS) is 20.7. The third kappa shape index (κ3) is 3.53. The molecular weight excluding hydrogens is 296 g/mol. The molecule has 3 rings (SSSR count). The molecule has 0 radical (unpaired) electrons. The molecule has 0 unspecified atom stereocenters. The number of ether oxygens (including phenoxy) is 2. The van der Waals surface area contributed by atoms with Crippen LogP contribution < -0.4 is 4.74 Å². The van der Waals surface area contributed by atoms with Crippen LogP contribution >= 0.6 is 0 Å². The van der Waals surface area contributed by atoms with Crippen molar-refractivity contribution in [3.05, 3.63) is 48.2 Å². The van der Waals surface area contributed by atoms with Crippen molar-refractivity contribution >= 4 is 5.91 Å². The van der Waals surface area contributed by atoms with Crippen molar-refractivity contribution < 1.29 is 18.7 Å². The fourth-order valence-corrected chi connectivity index (χ4v) is 2.77. The smallest absolute Gasteiger partial charge is 0.290 e. The van der Waals surface area contributed by atoms with Gasteiger partial charge in [-0.2, -0.15) is 0 Å². The molecule has 3 heterocycles. The van der Waals surface area contributed by atoms with Crippen LogP contribution in [-0.2, 0) is 4.74 Å². The number of likely N-dealkylation sites (tertiary alicyclic amines) is 1. The topological polar surface area (TPSA) is 64.8 Å². The minimum atomic E-state index is -0.127. The lowest BCUT2D eigenvalue weighted by molar-refractivity contribution is 0.0626. The molecule has 0 bridgehead atoms. The van der Waals surface area contributed by atoms with Gasteiger partial charge in [-0.3, -0.25) is 9.78 Å². The summed E-state index contributed by atoms with van der Waals surface area (Å²) in [6.07, 6.45) is 4.10. The molecule has 6 nitrogen and oxygen atoms in total. The minimum absolute atomic E-state index is 0.0116. The maximum absolute atomic E-state index is 12.7. The van der Waals surface area contributed by atoms with Crippen LogP contribution in [0.3, 0.4) is 0 Å². The number of hydrogen-bond acceptors (Lipinski definition) is 5. The first-order chi connectivity index (χ1) is 11.2. The van der Waals surface area contributed by atoms with Crippen LogP contribution in [0, 0.1) is 6.92 Å². The largest absolute Gasteiger partial charge is 0.490 e. The Kier molecular flexibility index (Phi) is 4.62. The first-order valence-electron chi connectivity index (χ1n) is 7.60. The number of hydrogen-bond donors (Lipinski definition) is 0. The van der Waals surface area contributed by atoms with E-state index in [4.69, 9.17) is 13.9 Å². The van der Waals surface area contributed by atoms with Crippen molar-refractivity contribution in [2.45, 2.75) is 25.5 Å². The van der Waals surface area contributed by atoms with Gasteiger partial charge in [-0.15, -0.1) is 0 Å². The van der Waals surface area contributed by atoms with Gasteiger partial charge in [-0.25, -0.2) is 0 Å². The Labute approximate surface area is 135 Å². The summed E-state index contributed by atoms with van der Waals surface area (Å²) in [7, 11) is 1.66. The van der Waals surface area contributed by atoms with Gasteiger partial charge in [0.25, 0.3) is 5.91 Å². The third-order valence-electron chi connectivity index (χ3n) is 4.00. The summed E-state index contributed by atoms with van der Waals surface area (Å²) in [6, 6.07) is 7.10. The summed E-state index contributed by atoms with van der Waals surface area (Å²) in [4.78, 5) is 18.4. The van der Waals surface area contributed by atoms with E-state index in [0.717, 1.165) is 12.2 Å². The van der Waals surface area contributed by atoms with Crippen LogP contribution in [-0.4, -0.2) is 48.2 Å². The second kappa shape index (κ2) is 6.83. The van der Waals surface area contributed by atoms with Crippen molar-refractivity contribution in [2.24, 2.45) is 0 Å². The number of carbonyl (C=O) groups excluding carboxylic acids is 1. The van der Waals surface area contributed by atoms with E-state index in [0.29, 0.717) is 24.7 Å². The zero-order valence-corrected chi connectivity index (χ0v) is 13.3. The molecule has 0 aliphatic carbocycles. The van der Waals surface area contributed by atoms with Crippen LogP contribution in [0.25, 0.3) is 0 Å². The quantitative estimate of drug-likeness (QED) is 0.847. The lowest BCUT2D eigenvalue weighted by atomic mass is 10.2. The fourth-order valence-electron chi connectivity index (χ4n) is 2.77.